The molecule has 1 nitrogen and oxygen atoms in total. The largest absolute Gasteiger partial charge is 0.506 e. The van der Waals surface area contributed by atoms with Gasteiger partial charge in [0.1, 0.15) is 5.75 Å². The van der Waals surface area contributed by atoms with Crippen molar-refractivity contribution in [2.45, 2.75) is 5.33 Å². The molecule has 0 saturated heterocycles. The quantitative estimate of drug-likeness (QED) is 0.782. The van der Waals surface area contributed by atoms with E-state index in [0.29, 0.717) is 11.1 Å². The number of phenolic OH excluding ortho intramolecular Hbond substituents is 1. The summed E-state index contributed by atoms with van der Waals surface area (Å²) in [4.78, 5) is 0. The summed E-state index contributed by atoms with van der Waals surface area (Å²) < 4.78 is 0.769. The highest BCUT2D eigenvalue weighted by Crippen LogP contribution is 2.36. The van der Waals surface area contributed by atoms with E-state index in [9.17, 15) is 5.11 Å². The summed E-state index contributed by atoms with van der Waals surface area (Å²) in [5, 5.41) is 12.6. The Kier molecular flexibility index (Phi) is 2.79. The van der Waals surface area contributed by atoms with Crippen molar-refractivity contribution in [3.8, 4) is 5.75 Å². The van der Waals surface area contributed by atoms with Gasteiger partial charge in [0.15, 0.2) is 0 Å². The number of benzene rings is 2. The Labute approximate surface area is 99.0 Å². The molecule has 0 heterocycles. The molecular weight excluding hydrogens is 308 g/mol. The van der Waals surface area contributed by atoms with E-state index in [1.54, 1.807) is 0 Å². The van der Waals surface area contributed by atoms with Crippen LogP contribution in [0, 0.1) is 0 Å². The third-order valence-electron chi connectivity index (χ3n) is 2.18. The summed E-state index contributed by atoms with van der Waals surface area (Å²) in [6.07, 6.45) is 0. The summed E-state index contributed by atoms with van der Waals surface area (Å²) in [5.74, 6) is 0.320. The molecule has 0 radical (unpaired) electrons. The molecule has 0 aliphatic rings. The Hall–Kier alpha value is -0.540. The third-order valence-corrected chi connectivity index (χ3v) is 3.59. The number of fused-ring (bicyclic) bond motifs is 1. The van der Waals surface area contributed by atoms with Gasteiger partial charge in [0.05, 0.1) is 4.47 Å². The maximum absolute atomic E-state index is 9.82. The lowest BCUT2D eigenvalue weighted by atomic mass is 10.1. The minimum absolute atomic E-state index is 0.320. The summed E-state index contributed by atoms with van der Waals surface area (Å²) in [6.45, 7) is 0. The third kappa shape index (κ3) is 1.55. The summed E-state index contributed by atoms with van der Waals surface area (Å²) in [7, 11) is 0. The zero-order chi connectivity index (χ0) is 10.1. The predicted molar refractivity (Wildman–Crippen MR) is 65.9 cm³/mol. The lowest BCUT2D eigenvalue weighted by Crippen LogP contribution is -1.83. The fourth-order valence-corrected chi connectivity index (χ4v) is 2.49. The van der Waals surface area contributed by atoms with Crippen LogP contribution in [-0.2, 0) is 5.33 Å². The van der Waals surface area contributed by atoms with Crippen molar-refractivity contribution in [2.24, 2.45) is 0 Å². The van der Waals surface area contributed by atoms with Crippen LogP contribution in [0.4, 0.5) is 0 Å². The lowest BCUT2D eigenvalue weighted by molar-refractivity contribution is 0.468. The molecule has 2 aromatic rings. The molecule has 0 amide bonds. The lowest BCUT2D eigenvalue weighted by Gasteiger charge is -2.07. The second-order valence-corrected chi connectivity index (χ2v) is 4.41. The van der Waals surface area contributed by atoms with E-state index in [1.807, 2.05) is 30.3 Å². The monoisotopic (exact) mass is 314 g/mol. The first-order valence-corrected chi connectivity index (χ1v) is 6.10. The van der Waals surface area contributed by atoms with E-state index in [-0.39, 0.29) is 0 Å². The topological polar surface area (TPSA) is 20.2 Å². The van der Waals surface area contributed by atoms with E-state index in [1.165, 1.54) is 0 Å². The molecule has 0 aliphatic carbocycles. The van der Waals surface area contributed by atoms with Crippen LogP contribution in [0.25, 0.3) is 10.8 Å². The van der Waals surface area contributed by atoms with Crippen LogP contribution in [0.1, 0.15) is 5.56 Å². The Morgan fingerprint density at radius 3 is 2.64 bits per heavy atom. The van der Waals surface area contributed by atoms with Crippen LogP contribution < -0.4 is 0 Å². The molecule has 1 N–H and O–H groups in total. The Morgan fingerprint density at radius 2 is 1.93 bits per heavy atom. The minimum atomic E-state index is 0.320. The van der Waals surface area contributed by atoms with E-state index in [2.05, 4.69) is 31.9 Å². The first kappa shape index (κ1) is 9.99. The number of hydrogen-bond acceptors (Lipinski definition) is 1. The van der Waals surface area contributed by atoms with Crippen LogP contribution in [0.15, 0.2) is 34.8 Å². The van der Waals surface area contributed by atoms with Gasteiger partial charge >= 0.3 is 0 Å². The van der Waals surface area contributed by atoms with Crippen LogP contribution in [0.2, 0.25) is 0 Å². The van der Waals surface area contributed by atoms with Gasteiger partial charge < -0.3 is 5.11 Å². The summed E-state index contributed by atoms with van der Waals surface area (Å²) in [5.41, 5.74) is 0.899. The van der Waals surface area contributed by atoms with Gasteiger partial charge in [-0.05, 0) is 32.8 Å². The van der Waals surface area contributed by atoms with Crippen molar-refractivity contribution < 1.29 is 5.11 Å². The SMILES string of the molecule is Oc1c(CBr)cc2ccccc2c1Br. The first-order chi connectivity index (χ1) is 6.74. The van der Waals surface area contributed by atoms with Crippen molar-refractivity contribution in [3.63, 3.8) is 0 Å². The number of phenols is 1. The first-order valence-electron chi connectivity index (χ1n) is 4.19. The van der Waals surface area contributed by atoms with Gasteiger partial charge in [-0.3, -0.25) is 0 Å². The van der Waals surface area contributed by atoms with E-state index < -0.39 is 0 Å². The summed E-state index contributed by atoms with van der Waals surface area (Å²) in [6, 6.07) is 9.96. The Bertz CT molecular complexity index is 480. The van der Waals surface area contributed by atoms with Crippen molar-refractivity contribution >= 4 is 42.6 Å². The minimum Gasteiger partial charge on any atom is -0.506 e. The zero-order valence-corrected chi connectivity index (χ0v) is 10.5. The van der Waals surface area contributed by atoms with Gasteiger partial charge in [0.25, 0.3) is 0 Å². The molecule has 0 spiro atoms. The van der Waals surface area contributed by atoms with Gasteiger partial charge in [-0.1, -0.05) is 40.2 Å². The van der Waals surface area contributed by atoms with Gasteiger partial charge in [-0.25, -0.2) is 0 Å². The highest BCUT2D eigenvalue weighted by molar-refractivity contribution is 9.10. The van der Waals surface area contributed by atoms with Crippen molar-refractivity contribution in [1.82, 2.24) is 0 Å². The Morgan fingerprint density at radius 1 is 1.21 bits per heavy atom. The second-order valence-electron chi connectivity index (χ2n) is 3.05. The normalized spacial score (nSPS) is 10.7. The zero-order valence-electron chi connectivity index (χ0n) is 7.30. The molecule has 0 aliphatic heterocycles. The fraction of sp³-hybridized carbons (Fsp3) is 0.0909. The smallest absolute Gasteiger partial charge is 0.134 e. The van der Waals surface area contributed by atoms with Gasteiger partial charge in [0, 0.05) is 10.9 Å². The van der Waals surface area contributed by atoms with Crippen LogP contribution in [-0.4, -0.2) is 5.11 Å². The number of halogens is 2. The predicted octanol–water partition coefficient (Wildman–Crippen LogP) is 4.20. The van der Waals surface area contributed by atoms with Gasteiger partial charge in [-0.2, -0.15) is 0 Å². The van der Waals surface area contributed by atoms with Crippen molar-refractivity contribution in [1.29, 1.82) is 0 Å². The molecule has 0 aromatic heterocycles. The number of alkyl halides is 1. The standard InChI is InChI=1S/C11H8Br2O/c12-6-8-5-7-3-1-2-4-9(7)10(13)11(8)14/h1-5,14H,6H2. The number of hydrogen-bond donors (Lipinski definition) is 1. The van der Waals surface area contributed by atoms with Crippen molar-refractivity contribution in [3.05, 3.63) is 40.4 Å². The molecule has 2 aromatic carbocycles. The molecule has 0 atom stereocenters. The summed E-state index contributed by atoms with van der Waals surface area (Å²) >= 11 is 6.75. The van der Waals surface area contributed by atoms with Gasteiger partial charge in [-0.15, -0.1) is 0 Å². The van der Waals surface area contributed by atoms with Gasteiger partial charge in [0.2, 0.25) is 0 Å². The second kappa shape index (κ2) is 3.91. The highest BCUT2D eigenvalue weighted by atomic mass is 79.9. The average molecular weight is 316 g/mol. The molecule has 0 fully saturated rings. The van der Waals surface area contributed by atoms with Crippen molar-refractivity contribution in [2.75, 3.05) is 0 Å². The molecular formula is C11H8Br2O. The Balaban J connectivity index is 2.85. The van der Waals surface area contributed by atoms with E-state index in [0.717, 1.165) is 20.8 Å². The van der Waals surface area contributed by atoms with E-state index >= 15 is 0 Å². The van der Waals surface area contributed by atoms with Crippen LogP contribution in [0.3, 0.4) is 0 Å². The van der Waals surface area contributed by atoms with Crippen LogP contribution >= 0.6 is 31.9 Å². The highest BCUT2D eigenvalue weighted by Gasteiger charge is 2.08. The van der Waals surface area contributed by atoms with Crippen LogP contribution in [0.5, 0.6) is 5.75 Å². The maximum atomic E-state index is 9.82. The molecule has 2 rings (SSSR count). The number of rotatable bonds is 1. The average Bonchev–Trinajstić information content (AvgIpc) is 2.23. The molecule has 0 unspecified atom stereocenters. The number of aromatic hydroxyl groups is 1. The van der Waals surface area contributed by atoms with E-state index in [4.69, 9.17) is 0 Å². The molecule has 3 heteroatoms. The fourth-order valence-electron chi connectivity index (χ4n) is 1.45. The molecule has 0 bridgehead atoms. The maximum Gasteiger partial charge on any atom is 0.134 e. The molecule has 0 saturated carbocycles. The molecule has 14 heavy (non-hydrogen) atoms. The molecule has 72 valence electrons.